The molecule has 0 bridgehead atoms. The Hall–Kier alpha value is -3.28. The normalized spacial score (nSPS) is 15.6. The van der Waals surface area contributed by atoms with E-state index in [2.05, 4.69) is 17.2 Å². The zero-order valence-corrected chi connectivity index (χ0v) is 15.5. The Morgan fingerprint density at radius 2 is 1.93 bits per heavy atom. The first kappa shape index (κ1) is 18.5. The summed E-state index contributed by atoms with van der Waals surface area (Å²) in [5, 5.41) is 5.72. The summed E-state index contributed by atoms with van der Waals surface area (Å²) in [6, 6.07) is 14.1. The highest BCUT2D eigenvalue weighted by atomic mass is 16.5. The summed E-state index contributed by atoms with van der Waals surface area (Å²) in [4.78, 5) is 27.2. The van der Waals surface area contributed by atoms with Crippen LogP contribution in [0.1, 0.15) is 13.3 Å². The van der Waals surface area contributed by atoms with Crippen LogP contribution in [-0.2, 0) is 9.59 Å². The van der Waals surface area contributed by atoms with Crippen molar-refractivity contribution in [1.29, 1.82) is 0 Å². The van der Waals surface area contributed by atoms with Crippen molar-refractivity contribution in [2.24, 2.45) is 0 Å². The van der Waals surface area contributed by atoms with Crippen molar-refractivity contribution in [2.75, 3.05) is 29.2 Å². The number of anilines is 3. The van der Waals surface area contributed by atoms with Crippen molar-refractivity contribution in [3.8, 4) is 5.75 Å². The number of hydrogen-bond acceptors (Lipinski definition) is 4. The molecule has 0 aliphatic carbocycles. The number of rotatable bonds is 6. The number of nitrogens with zero attached hydrogens (tertiary/aromatic N) is 1. The minimum absolute atomic E-state index is 0.0193. The number of methoxy groups -OCH3 is 1. The molecule has 0 saturated heterocycles. The monoisotopic (exact) mass is 365 g/mol. The molecule has 1 aliphatic heterocycles. The Morgan fingerprint density at radius 1 is 1.22 bits per heavy atom. The van der Waals surface area contributed by atoms with Crippen molar-refractivity contribution in [1.82, 2.24) is 0 Å². The van der Waals surface area contributed by atoms with Gasteiger partial charge in [-0.3, -0.25) is 9.59 Å². The van der Waals surface area contributed by atoms with E-state index in [0.29, 0.717) is 18.0 Å². The Labute approximate surface area is 158 Å². The lowest BCUT2D eigenvalue weighted by molar-refractivity contribution is -0.122. The molecule has 140 valence electrons. The summed E-state index contributed by atoms with van der Waals surface area (Å²) >= 11 is 0. The maximum atomic E-state index is 12.7. The molecule has 1 atom stereocenters. The van der Waals surface area contributed by atoms with Gasteiger partial charge in [-0.15, -0.1) is 0 Å². The van der Waals surface area contributed by atoms with Crippen LogP contribution in [0.5, 0.6) is 5.75 Å². The third-order valence-electron chi connectivity index (χ3n) is 4.35. The van der Waals surface area contributed by atoms with Crippen LogP contribution in [-0.4, -0.2) is 31.5 Å². The van der Waals surface area contributed by atoms with E-state index in [1.54, 1.807) is 19.2 Å². The maximum absolute atomic E-state index is 12.7. The molecular formula is C21H23N3O3. The second-order valence-electron chi connectivity index (χ2n) is 6.56. The van der Waals surface area contributed by atoms with Crippen LogP contribution >= 0.6 is 0 Å². The zero-order valence-electron chi connectivity index (χ0n) is 15.5. The Balaban J connectivity index is 1.82. The highest BCUT2D eigenvalue weighted by molar-refractivity contribution is 6.06. The number of nitrogens with one attached hydrogen (secondary N) is 2. The number of carbonyl (C=O) groups is 2. The lowest BCUT2D eigenvalue weighted by atomic mass is 10.0. The third kappa shape index (κ3) is 4.11. The van der Waals surface area contributed by atoms with Gasteiger partial charge in [-0.2, -0.15) is 0 Å². The molecule has 2 aromatic carbocycles. The van der Waals surface area contributed by atoms with Crippen LogP contribution in [0.15, 0.2) is 60.7 Å². The van der Waals surface area contributed by atoms with Crippen LogP contribution in [0.3, 0.4) is 0 Å². The van der Waals surface area contributed by atoms with Gasteiger partial charge in [0.25, 0.3) is 0 Å². The van der Waals surface area contributed by atoms with Crippen LogP contribution in [0.2, 0.25) is 0 Å². The number of benzene rings is 2. The highest BCUT2D eigenvalue weighted by Gasteiger charge is 2.34. The van der Waals surface area contributed by atoms with Crippen LogP contribution in [0.25, 0.3) is 0 Å². The molecule has 1 unspecified atom stereocenters. The molecule has 0 fully saturated rings. The summed E-state index contributed by atoms with van der Waals surface area (Å²) in [6.45, 7) is 6.36. The largest absolute Gasteiger partial charge is 0.495 e. The highest BCUT2D eigenvalue weighted by Crippen LogP contribution is 2.33. The van der Waals surface area contributed by atoms with E-state index in [4.69, 9.17) is 4.74 Å². The van der Waals surface area contributed by atoms with Crippen molar-refractivity contribution in [2.45, 2.75) is 19.4 Å². The molecule has 2 aromatic rings. The van der Waals surface area contributed by atoms with E-state index in [1.807, 2.05) is 48.2 Å². The fourth-order valence-corrected chi connectivity index (χ4v) is 3.17. The van der Waals surface area contributed by atoms with Gasteiger partial charge in [0, 0.05) is 6.54 Å². The lowest BCUT2D eigenvalue weighted by Gasteiger charge is -2.38. The average molecular weight is 365 g/mol. The number of hydrogen-bond donors (Lipinski definition) is 2. The number of ether oxygens (including phenoxy) is 1. The summed E-state index contributed by atoms with van der Waals surface area (Å²) in [5.41, 5.74) is 3.11. The standard InChI is InChI=1S/C21H23N3O3/c1-14(2)13-24-17-10-6-4-8-15(17)23-21(26)18(24)12-20(25)22-16-9-5-7-11-19(16)27-3/h4-11,18H,1,12-13H2,2-3H3,(H,22,25)(H,23,26). The Morgan fingerprint density at radius 3 is 2.67 bits per heavy atom. The van der Waals surface area contributed by atoms with Gasteiger partial charge in [-0.1, -0.05) is 36.4 Å². The maximum Gasteiger partial charge on any atom is 0.247 e. The Bertz CT molecular complexity index is 878. The molecule has 1 heterocycles. The lowest BCUT2D eigenvalue weighted by Crippen LogP contribution is -2.50. The van der Waals surface area contributed by atoms with Gasteiger partial charge in [-0.25, -0.2) is 0 Å². The minimum atomic E-state index is -0.619. The van der Waals surface area contributed by atoms with Crippen LogP contribution in [0, 0.1) is 0 Å². The summed E-state index contributed by atoms with van der Waals surface area (Å²) in [5.74, 6) is 0.110. The first-order valence-electron chi connectivity index (χ1n) is 8.73. The topological polar surface area (TPSA) is 70.7 Å². The molecule has 0 spiro atoms. The fraction of sp³-hybridized carbons (Fsp3) is 0.238. The quantitative estimate of drug-likeness (QED) is 0.770. The van der Waals surface area contributed by atoms with Crippen LogP contribution in [0.4, 0.5) is 17.1 Å². The summed E-state index contributed by atoms with van der Waals surface area (Å²) in [7, 11) is 1.55. The van der Waals surface area contributed by atoms with E-state index in [9.17, 15) is 9.59 Å². The van der Waals surface area contributed by atoms with Gasteiger partial charge >= 0.3 is 0 Å². The SMILES string of the molecule is C=C(C)CN1c2ccccc2NC(=O)C1CC(=O)Nc1ccccc1OC. The first-order valence-corrected chi connectivity index (χ1v) is 8.73. The summed E-state index contributed by atoms with van der Waals surface area (Å²) in [6.07, 6.45) is 0.0193. The molecule has 27 heavy (non-hydrogen) atoms. The predicted molar refractivity (Wildman–Crippen MR) is 107 cm³/mol. The van der Waals surface area contributed by atoms with Gasteiger partial charge in [0.15, 0.2) is 0 Å². The number of amides is 2. The minimum Gasteiger partial charge on any atom is -0.495 e. The summed E-state index contributed by atoms with van der Waals surface area (Å²) < 4.78 is 5.26. The van der Waals surface area contributed by atoms with Crippen molar-refractivity contribution in [3.05, 3.63) is 60.7 Å². The fourth-order valence-electron chi connectivity index (χ4n) is 3.17. The molecule has 2 amide bonds. The molecular weight excluding hydrogens is 342 g/mol. The molecule has 0 aromatic heterocycles. The average Bonchev–Trinajstić information content (AvgIpc) is 2.64. The molecule has 3 rings (SSSR count). The predicted octanol–water partition coefficient (Wildman–Crippen LogP) is 3.43. The molecule has 6 nitrogen and oxygen atoms in total. The first-order chi connectivity index (χ1) is 13.0. The smallest absolute Gasteiger partial charge is 0.247 e. The van der Waals surface area contributed by atoms with Gasteiger partial charge in [-0.05, 0) is 31.2 Å². The van der Waals surface area contributed by atoms with Crippen molar-refractivity contribution < 1.29 is 14.3 Å². The van der Waals surface area contributed by atoms with E-state index in [-0.39, 0.29) is 18.2 Å². The Kier molecular flexibility index (Phi) is 5.45. The van der Waals surface area contributed by atoms with E-state index >= 15 is 0 Å². The molecule has 1 aliphatic rings. The number of fused-ring (bicyclic) bond motifs is 1. The molecule has 0 radical (unpaired) electrons. The number of para-hydroxylation sites is 4. The van der Waals surface area contributed by atoms with E-state index < -0.39 is 6.04 Å². The molecule has 0 saturated carbocycles. The number of carbonyl (C=O) groups excluding carboxylic acids is 2. The van der Waals surface area contributed by atoms with E-state index in [0.717, 1.165) is 16.9 Å². The van der Waals surface area contributed by atoms with Crippen molar-refractivity contribution >= 4 is 28.9 Å². The van der Waals surface area contributed by atoms with Gasteiger partial charge in [0.05, 0.1) is 30.6 Å². The second-order valence-corrected chi connectivity index (χ2v) is 6.56. The molecule has 2 N–H and O–H groups in total. The zero-order chi connectivity index (χ0) is 19.4. The van der Waals surface area contributed by atoms with Crippen molar-refractivity contribution in [3.63, 3.8) is 0 Å². The van der Waals surface area contributed by atoms with Crippen LogP contribution < -0.4 is 20.3 Å². The third-order valence-corrected chi connectivity index (χ3v) is 4.35. The van der Waals surface area contributed by atoms with Gasteiger partial charge in [0.2, 0.25) is 11.8 Å². The van der Waals surface area contributed by atoms with Gasteiger partial charge in [0.1, 0.15) is 11.8 Å². The van der Waals surface area contributed by atoms with E-state index in [1.165, 1.54) is 0 Å². The second kappa shape index (κ2) is 7.95. The van der Waals surface area contributed by atoms with Gasteiger partial charge < -0.3 is 20.3 Å². The molecule has 6 heteroatoms.